The van der Waals surface area contributed by atoms with Gasteiger partial charge in [0, 0.05) is 16.7 Å². The van der Waals surface area contributed by atoms with Gasteiger partial charge in [0.15, 0.2) is 0 Å². The molecule has 2 rings (SSSR count). The van der Waals surface area contributed by atoms with Crippen molar-refractivity contribution in [1.29, 1.82) is 0 Å². The highest BCUT2D eigenvalue weighted by molar-refractivity contribution is 9.10. The number of hydrogen-bond acceptors (Lipinski definition) is 3. The molecule has 0 N–H and O–H groups in total. The van der Waals surface area contributed by atoms with Gasteiger partial charge in [-0.25, -0.2) is 12.8 Å². The van der Waals surface area contributed by atoms with Crippen LogP contribution in [-0.4, -0.2) is 14.5 Å². The lowest BCUT2D eigenvalue weighted by Gasteiger charge is -2.15. The molecule has 0 spiro atoms. The summed E-state index contributed by atoms with van der Waals surface area (Å²) in [6.07, 6.45) is 4.13. The molecule has 1 saturated carbocycles. The fraction of sp³-hybridized carbons (Fsp3) is 0.455. The third-order valence-electron chi connectivity index (χ3n) is 2.84. The van der Waals surface area contributed by atoms with Crippen LogP contribution in [0.5, 0.6) is 5.75 Å². The smallest absolute Gasteiger partial charge is 0.264 e. The van der Waals surface area contributed by atoms with E-state index in [1.807, 2.05) is 0 Å². The lowest BCUT2D eigenvalue weighted by Crippen LogP contribution is -2.11. The van der Waals surface area contributed by atoms with Crippen LogP contribution in [0.3, 0.4) is 0 Å². The molecule has 1 aliphatic rings. The van der Waals surface area contributed by atoms with Crippen molar-refractivity contribution in [3.63, 3.8) is 0 Å². The minimum atomic E-state index is -4.09. The van der Waals surface area contributed by atoms with Gasteiger partial charge in [-0.2, -0.15) is 0 Å². The fourth-order valence-electron chi connectivity index (χ4n) is 1.97. The SMILES string of the molecule is O=S(=O)(Cl)c1cc(Br)c(OC2CCCC2)cc1F. The second kappa shape index (κ2) is 5.35. The Kier molecular flexibility index (Phi) is 4.18. The van der Waals surface area contributed by atoms with Gasteiger partial charge in [-0.05, 0) is 47.7 Å². The molecule has 7 heteroatoms. The van der Waals surface area contributed by atoms with E-state index in [9.17, 15) is 12.8 Å². The van der Waals surface area contributed by atoms with Crippen molar-refractivity contribution in [2.24, 2.45) is 0 Å². The molecular formula is C11H11BrClFO3S. The van der Waals surface area contributed by atoms with E-state index in [2.05, 4.69) is 15.9 Å². The topological polar surface area (TPSA) is 43.4 Å². The van der Waals surface area contributed by atoms with Gasteiger partial charge in [0.2, 0.25) is 0 Å². The van der Waals surface area contributed by atoms with Crippen molar-refractivity contribution in [2.45, 2.75) is 36.7 Å². The molecule has 0 unspecified atom stereocenters. The number of halogens is 3. The Morgan fingerprint density at radius 3 is 2.50 bits per heavy atom. The molecular weight excluding hydrogens is 347 g/mol. The first kappa shape index (κ1) is 14.1. The maximum absolute atomic E-state index is 13.6. The van der Waals surface area contributed by atoms with Crippen molar-refractivity contribution >= 4 is 35.7 Å². The predicted octanol–water partition coefficient (Wildman–Crippen LogP) is 3.84. The fourth-order valence-corrected chi connectivity index (χ4v) is 3.47. The van der Waals surface area contributed by atoms with E-state index in [1.54, 1.807) is 0 Å². The molecule has 0 atom stereocenters. The Morgan fingerprint density at radius 1 is 1.33 bits per heavy atom. The van der Waals surface area contributed by atoms with E-state index in [0.717, 1.165) is 37.8 Å². The first-order chi connectivity index (χ1) is 8.38. The standard InChI is InChI=1S/C11H11BrClFO3S/c12-8-5-11(18(13,15)16)9(14)6-10(8)17-7-3-1-2-4-7/h5-7H,1-4H2. The highest BCUT2D eigenvalue weighted by Gasteiger charge is 2.22. The summed E-state index contributed by atoms with van der Waals surface area (Å²) >= 11 is 3.17. The van der Waals surface area contributed by atoms with Crippen LogP contribution in [0, 0.1) is 5.82 Å². The highest BCUT2D eigenvalue weighted by Crippen LogP contribution is 2.34. The molecule has 0 heterocycles. The maximum atomic E-state index is 13.6. The molecule has 0 bridgehead atoms. The summed E-state index contributed by atoms with van der Waals surface area (Å²) in [6.45, 7) is 0. The molecule has 1 aromatic carbocycles. The lowest BCUT2D eigenvalue weighted by molar-refractivity contribution is 0.207. The van der Waals surface area contributed by atoms with Crippen molar-refractivity contribution in [3.05, 3.63) is 22.4 Å². The Hall–Kier alpha value is -0.330. The zero-order chi connectivity index (χ0) is 13.3. The summed E-state index contributed by atoms with van der Waals surface area (Å²) in [5.41, 5.74) is 0. The molecule has 0 amide bonds. The molecule has 100 valence electrons. The van der Waals surface area contributed by atoms with Gasteiger partial charge in [0.1, 0.15) is 16.5 Å². The van der Waals surface area contributed by atoms with Crippen molar-refractivity contribution in [2.75, 3.05) is 0 Å². The Morgan fingerprint density at radius 2 is 1.94 bits per heavy atom. The molecule has 3 nitrogen and oxygen atoms in total. The predicted molar refractivity (Wildman–Crippen MR) is 70.0 cm³/mol. The quantitative estimate of drug-likeness (QED) is 0.772. The normalized spacial score (nSPS) is 17.1. The Bertz CT molecular complexity index is 556. The molecule has 1 fully saturated rings. The van der Waals surface area contributed by atoms with E-state index >= 15 is 0 Å². The number of rotatable bonds is 3. The maximum Gasteiger partial charge on any atom is 0.264 e. The van der Waals surface area contributed by atoms with Gasteiger partial charge in [-0.3, -0.25) is 0 Å². The third kappa shape index (κ3) is 3.16. The minimum absolute atomic E-state index is 0.0687. The van der Waals surface area contributed by atoms with Crippen LogP contribution >= 0.6 is 26.6 Å². The molecule has 0 aromatic heterocycles. The minimum Gasteiger partial charge on any atom is -0.489 e. The zero-order valence-corrected chi connectivity index (χ0v) is 12.5. The summed E-state index contributed by atoms with van der Waals surface area (Å²) in [4.78, 5) is -0.546. The van der Waals surface area contributed by atoms with Crippen molar-refractivity contribution in [1.82, 2.24) is 0 Å². The summed E-state index contributed by atoms with van der Waals surface area (Å²) in [6, 6.07) is 2.18. The summed E-state index contributed by atoms with van der Waals surface area (Å²) in [7, 11) is 1.04. The van der Waals surface area contributed by atoms with Crippen LogP contribution in [0.2, 0.25) is 0 Å². The van der Waals surface area contributed by atoms with E-state index in [4.69, 9.17) is 15.4 Å². The van der Waals surface area contributed by atoms with Crippen LogP contribution in [-0.2, 0) is 9.05 Å². The molecule has 0 aliphatic heterocycles. The zero-order valence-electron chi connectivity index (χ0n) is 9.33. The van der Waals surface area contributed by atoms with Gasteiger partial charge in [-0.1, -0.05) is 0 Å². The van der Waals surface area contributed by atoms with E-state index < -0.39 is 19.8 Å². The highest BCUT2D eigenvalue weighted by atomic mass is 79.9. The van der Waals surface area contributed by atoms with E-state index in [1.165, 1.54) is 0 Å². The summed E-state index contributed by atoms with van der Waals surface area (Å²) in [5.74, 6) is -0.593. The van der Waals surface area contributed by atoms with Crippen LogP contribution in [0.25, 0.3) is 0 Å². The van der Waals surface area contributed by atoms with Gasteiger partial charge in [-0.15, -0.1) is 0 Å². The largest absolute Gasteiger partial charge is 0.489 e. The second-order valence-electron chi connectivity index (χ2n) is 4.18. The van der Waals surface area contributed by atoms with E-state index in [-0.39, 0.29) is 6.10 Å². The van der Waals surface area contributed by atoms with Crippen LogP contribution in [0.4, 0.5) is 4.39 Å². The van der Waals surface area contributed by atoms with Crippen LogP contribution < -0.4 is 4.74 Å². The number of ether oxygens (including phenoxy) is 1. The first-order valence-electron chi connectivity index (χ1n) is 5.48. The van der Waals surface area contributed by atoms with Gasteiger partial charge in [0.25, 0.3) is 9.05 Å². The van der Waals surface area contributed by atoms with Gasteiger partial charge >= 0.3 is 0 Å². The molecule has 1 aromatic rings. The Balaban J connectivity index is 2.30. The van der Waals surface area contributed by atoms with Gasteiger partial charge in [0.05, 0.1) is 10.6 Å². The van der Waals surface area contributed by atoms with E-state index in [0.29, 0.717) is 10.2 Å². The molecule has 0 saturated heterocycles. The average Bonchev–Trinajstić information content (AvgIpc) is 2.74. The number of hydrogen-bond donors (Lipinski definition) is 0. The summed E-state index contributed by atoms with van der Waals surface area (Å²) in [5, 5.41) is 0. The van der Waals surface area contributed by atoms with Crippen molar-refractivity contribution in [3.8, 4) is 5.75 Å². The third-order valence-corrected chi connectivity index (χ3v) is 4.80. The average molecular weight is 358 g/mol. The molecule has 1 aliphatic carbocycles. The van der Waals surface area contributed by atoms with Crippen molar-refractivity contribution < 1.29 is 17.5 Å². The second-order valence-corrected chi connectivity index (χ2v) is 7.56. The van der Waals surface area contributed by atoms with Crippen LogP contribution in [0.1, 0.15) is 25.7 Å². The Labute approximate surface area is 118 Å². The molecule has 0 radical (unpaired) electrons. The van der Waals surface area contributed by atoms with Crippen LogP contribution in [0.15, 0.2) is 21.5 Å². The summed E-state index contributed by atoms with van der Waals surface area (Å²) < 4.78 is 41.9. The molecule has 18 heavy (non-hydrogen) atoms. The monoisotopic (exact) mass is 356 g/mol. The van der Waals surface area contributed by atoms with Gasteiger partial charge < -0.3 is 4.74 Å². The number of benzene rings is 1. The lowest BCUT2D eigenvalue weighted by atomic mass is 10.3. The first-order valence-corrected chi connectivity index (χ1v) is 8.58.